The van der Waals surface area contributed by atoms with Crippen LogP contribution in [0.2, 0.25) is 0 Å². The van der Waals surface area contributed by atoms with Gasteiger partial charge in [-0.1, -0.05) is 209 Å². The Morgan fingerprint density at radius 3 is 1.29 bits per heavy atom. The Kier molecular flexibility index (Phi) is 48.0. The Labute approximate surface area is 414 Å². The van der Waals surface area contributed by atoms with E-state index in [0.29, 0.717) is 19.3 Å². The van der Waals surface area contributed by atoms with Crippen LogP contribution in [0.3, 0.4) is 0 Å². The van der Waals surface area contributed by atoms with E-state index in [-0.39, 0.29) is 25.9 Å². The monoisotopic (exact) mass is 977 g/mol. The zero-order valence-electron chi connectivity index (χ0n) is 43.1. The number of hydrogen-bond acceptors (Lipinski definition) is 10. The number of carbonyl (C=O) groups is 3. The molecule has 0 spiro atoms. The predicted octanol–water partition coefficient (Wildman–Crippen LogP) is 15.4. The van der Waals surface area contributed by atoms with Gasteiger partial charge in [0, 0.05) is 12.8 Å². The van der Waals surface area contributed by atoms with E-state index >= 15 is 0 Å². The zero-order chi connectivity index (χ0) is 49.9. The Balaban J connectivity index is 4.85. The van der Waals surface area contributed by atoms with Gasteiger partial charge in [-0.3, -0.25) is 23.4 Å². The summed E-state index contributed by atoms with van der Waals surface area (Å²) in [4.78, 5) is 48.3. The maximum Gasteiger partial charge on any atom is 0.472 e. The molecule has 0 aromatic rings. The minimum absolute atomic E-state index is 0.0648. The molecule has 12 heteroatoms. The summed E-state index contributed by atoms with van der Waals surface area (Å²) in [5, 5.41) is 9.78. The van der Waals surface area contributed by atoms with Crippen LogP contribution in [0.4, 0.5) is 0 Å². The van der Waals surface area contributed by atoms with Crippen molar-refractivity contribution in [1.29, 1.82) is 0 Å². The predicted molar refractivity (Wildman–Crippen MR) is 279 cm³/mol. The first kappa shape index (κ1) is 64.9. The van der Waals surface area contributed by atoms with Gasteiger partial charge < -0.3 is 24.2 Å². The van der Waals surface area contributed by atoms with Crippen molar-refractivity contribution in [2.75, 3.05) is 26.4 Å². The van der Waals surface area contributed by atoms with E-state index in [4.69, 9.17) is 23.3 Å². The van der Waals surface area contributed by atoms with Crippen LogP contribution in [0.15, 0.2) is 72.9 Å². The number of phosphoric ester groups is 1. The molecule has 11 nitrogen and oxygen atoms in total. The van der Waals surface area contributed by atoms with Crippen LogP contribution in [0, 0.1) is 0 Å². The minimum Gasteiger partial charge on any atom is -0.462 e. The first-order valence-electron chi connectivity index (χ1n) is 26.8. The number of ether oxygens (including phenoxy) is 3. The van der Waals surface area contributed by atoms with Crippen LogP contribution in [0.1, 0.15) is 226 Å². The van der Waals surface area contributed by atoms with Crippen LogP contribution >= 0.6 is 7.82 Å². The van der Waals surface area contributed by atoms with E-state index in [1.807, 2.05) is 18.2 Å². The second-order valence-corrected chi connectivity index (χ2v) is 19.1. The van der Waals surface area contributed by atoms with Crippen molar-refractivity contribution < 1.29 is 52.2 Å². The molecule has 0 aliphatic rings. The van der Waals surface area contributed by atoms with Crippen molar-refractivity contribution in [2.24, 2.45) is 0 Å². The van der Waals surface area contributed by atoms with E-state index in [2.05, 4.69) is 69.4 Å². The number of esters is 3. The lowest BCUT2D eigenvalue weighted by atomic mass is 10.0. The Hall–Kier alpha value is -3.08. The highest BCUT2D eigenvalue weighted by Crippen LogP contribution is 2.43. The van der Waals surface area contributed by atoms with Gasteiger partial charge in [0.25, 0.3) is 0 Å². The third-order valence-corrected chi connectivity index (χ3v) is 12.1. The summed E-state index contributed by atoms with van der Waals surface area (Å²) in [5.74, 6) is -1.62. The number of rotatable bonds is 49. The molecule has 0 bridgehead atoms. The summed E-state index contributed by atoms with van der Waals surface area (Å²) in [5.41, 5.74) is 0. The standard InChI is InChI=1S/C56H97O11P/c1-4-7-10-13-16-19-22-25-26-29-32-35-38-41-44-47-56(60)67-53(49-63-54(58)45-42-39-36-33-30-27-23-20-17-14-11-8-5-2)51-65-68(61,62)64-50-52(48-57)66-55(59)46-43-40-37-34-31-28-24-21-18-15-12-9-6-3/h7,10,16,19,21,24-26,32,35,41,44,52-53,57H,4-6,8-9,11-15,17-18,20,22-23,27-31,33-34,36-40,42-43,45-51H2,1-3H3,(H,61,62)/b10-7-,19-16-,24-21-,26-25-,35-32-,44-41-. The molecule has 0 aliphatic heterocycles. The molecule has 0 aromatic heterocycles. The van der Waals surface area contributed by atoms with E-state index < -0.39 is 57.8 Å². The second-order valence-electron chi connectivity index (χ2n) is 17.7. The molecule has 0 radical (unpaired) electrons. The van der Waals surface area contributed by atoms with Crippen LogP contribution in [0.5, 0.6) is 0 Å². The lowest BCUT2D eigenvalue weighted by Gasteiger charge is -2.21. The highest BCUT2D eigenvalue weighted by Gasteiger charge is 2.28. The van der Waals surface area contributed by atoms with Gasteiger partial charge in [0.15, 0.2) is 6.10 Å². The molecule has 68 heavy (non-hydrogen) atoms. The number of aliphatic hydroxyl groups excluding tert-OH is 1. The van der Waals surface area contributed by atoms with Gasteiger partial charge in [-0.05, 0) is 70.6 Å². The summed E-state index contributed by atoms with van der Waals surface area (Å²) in [7, 11) is -4.77. The topological polar surface area (TPSA) is 155 Å². The van der Waals surface area contributed by atoms with E-state index in [1.165, 1.54) is 83.5 Å². The fourth-order valence-electron chi connectivity index (χ4n) is 7.07. The van der Waals surface area contributed by atoms with E-state index in [0.717, 1.165) is 83.5 Å². The van der Waals surface area contributed by atoms with Gasteiger partial charge in [0.1, 0.15) is 12.7 Å². The molecule has 0 fully saturated rings. The molecule has 3 atom stereocenters. The Morgan fingerprint density at radius 2 is 0.824 bits per heavy atom. The quantitative estimate of drug-likeness (QED) is 0.0197. The highest BCUT2D eigenvalue weighted by atomic mass is 31.2. The number of carbonyl (C=O) groups excluding carboxylic acids is 3. The van der Waals surface area contributed by atoms with Gasteiger partial charge >= 0.3 is 25.7 Å². The number of aliphatic hydroxyl groups is 1. The van der Waals surface area contributed by atoms with Crippen molar-refractivity contribution in [1.82, 2.24) is 0 Å². The maximum atomic E-state index is 12.8. The molecule has 0 aliphatic carbocycles. The van der Waals surface area contributed by atoms with Crippen LogP contribution in [-0.4, -0.2) is 66.5 Å². The number of phosphoric acid groups is 1. The van der Waals surface area contributed by atoms with Gasteiger partial charge in [0.2, 0.25) is 0 Å². The molecule has 0 heterocycles. The zero-order valence-corrected chi connectivity index (χ0v) is 43.9. The van der Waals surface area contributed by atoms with Crippen molar-refractivity contribution in [3.8, 4) is 0 Å². The minimum atomic E-state index is -4.77. The van der Waals surface area contributed by atoms with E-state index in [9.17, 15) is 28.9 Å². The molecule has 0 saturated heterocycles. The average molecular weight is 977 g/mol. The SMILES string of the molecule is CC/C=C\C/C=C\C/C=C\C/C=C\C/C=C\CC(=O)OC(COC(=O)CCCCCCCCCCCCCCC)COP(=O)(O)OCC(CO)OC(=O)CCCCCCC/C=C\CCCCCC. The van der Waals surface area contributed by atoms with Crippen LogP contribution in [-0.2, 0) is 42.2 Å². The summed E-state index contributed by atoms with van der Waals surface area (Å²) < 4.78 is 39.2. The van der Waals surface area contributed by atoms with Crippen molar-refractivity contribution in [3.63, 3.8) is 0 Å². The molecule has 2 N–H and O–H groups in total. The molecular weight excluding hydrogens is 880 g/mol. The molecule has 392 valence electrons. The summed E-state index contributed by atoms with van der Waals surface area (Å²) in [6.07, 6.45) is 54.7. The van der Waals surface area contributed by atoms with Gasteiger partial charge in [-0.15, -0.1) is 0 Å². The first-order chi connectivity index (χ1) is 33.2. The largest absolute Gasteiger partial charge is 0.472 e. The second kappa shape index (κ2) is 50.3. The lowest BCUT2D eigenvalue weighted by Crippen LogP contribution is -2.30. The Bertz CT molecular complexity index is 1420. The number of unbranched alkanes of at least 4 members (excludes halogenated alkanes) is 21. The molecule has 0 rings (SSSR count). The van der Waals surface area contributed by atoms with Crippen molar-refractivity contribution in [2.45, 2.75) is 238 Å². The fourth-order valence-corrected chi connectivity index (χ4v) is 7.86. The Morgan fingerprint density at radius 1 is 0.441 bits per heavy atom. The lowest BCUT2D eigenvalue weighted by molar-refractivity contribution is -0.160. The van der Waals surface area contributed by atoms with Crippen molar-refractivity contribution >= 4 is 25.7 Å². The third-order valence-electron chi connectivity index (χ3n) is 11.1. The number of allylic oxidation sites excluding steroid dienone is 11. The van der Waals surface area contributed by atoms with Crippen LogP contribution in [0.25, 0.3) is 0 Å². The number of hydrogen-bond donors (Lipinski definition) is 2. The van der Waals surface area contributed by atoms with Gasteiger partial charge in [-0.25, -0.2) is 4.57 Å². The molecule has 3 unspecified atom stereocenters. The first-order valence-corrected chi connectivity index (χ1v) is 28.3. The van der Waals surface area contributed by atoms with Gasteiger partial charge in [0.05, 0.1) is 26.2 Å². The van der Waals surface area contributed by atoms with Crippen LogP contribution < -0.4 is 0 Å². The van der Waals surface area contributed by atoms with E-state index in [1.54, 1.807) is 6.08 Å². The molecule has 0 amide bonds. The highest BCUT2D eigenvalue weighted by molar-refractivity contribution is 7.47. The average Bonchev–Trinajstić information content (AvgIpc) is 3.32. The smallest absolute Gasteiger partial charge is 0.462 e. The van der Waals surface area contributed by atoms with Gasteiger partial charge in [-0.2, -0.15) is 0 Å². The third kappa shape index (κ3) is 48.0. The fraction of sp³-hybridized carbons (Fsp3) is 0.732. The summed E-state index contributed by atoms with van der Waals surface area (Å²) >= 11 is 0. The molecule has 0 aromatic carbocycles. The summed E-state index contributed by atoms with van der Waals surface area (Å²) in [6.45, 7) is 4.39. The van der Waals surface area contributed by atoms with Crippen molar-refractivity contribution in [3.05, 3.63) is 72.9 Å². The maximum absolute atomic E-state index is 12.8. The summed E-state index contributed by atoms with van der Waals surface area (Å²) in [6, 6.07) is 0. The normalized spacial score (nSPS) is 14.0. The molecular formula is C56H97O11P. The molecule has 0 saturated carbocycles.